The van der Waals surface area contributed by atoms with Crippen LogP contribution in [0.3, 0.4) is 0 Å². The highest BCUT2D eigenvalue weighted by Crippen LogP contribution is 2.33. The molecule has 1 N–H and O–H groups in total. The van der Waals surface area contributed by atoms with Gasteiger partial charge in [-0.15, -0.1) is 0 Å². The lowest BCUT2D eigenvalue weighted by Crippen LogP contribution is -2.39. The van der Waals surface area contributed by atoms with Crippen molar-refractivity contribution in [2.75, 3.05) is 18.0 Å². The molecular weight excluding hydrogens is 508 g/mol. The van der Waals surface area contributed by atoms with E-state index in [0.29, 0.717) is 5.69 Å². The SMILES string of the molecule is COc1ccc(Cl)cc1S(=O)(=O)N(CC(O)Cn1c2ccccc2c2ccccc21)c1cccc(C)c1. The number of aliphatic hydroxyl groups is 1. The standard InChI is InChI=1S/C29H27ClN2O4S/c1-20-8-7-9-22(16-20)32(37(34,35)29-17-21(30)14-15-28(29)36-2)19-23(33)18-31-26-12-5-3-10-24(26)25-11-4-6-13-27(25)31/h3-17,23,33H,18-19H2,1-2H3. The summed E-state index contributed by atoms with van der Waals surface area (Å²) in [5, 5.41) is 13.8. The Hall–Kier alpha value is -3.52. The van der Waals surface area contributed by atoms with Crippen molar-refractivity contribution in [3.8, 4) is 5.75 Å². The van der Waals surface area contributed by atoms with Crippen LogP contribution in [-0.2, 0) is 16.6 Å². The summed E-state index contributed by atoms with van der Waals surface area (Å²) in [5.41, 5.74) is 3.30. The maximum atomic E-state index is 14.0. The first-order valence-electron chi connectivity index (χ1n) is 11.9. The summed E-state index contributed by atoms with van der Waals surface area (Å²) in [6.07, 6.45) is -1.01. The van der Waals surface area contributed by atoms with E-state index in [1.807, 2.05) is 54.0 Å². The smallest absolute Gasteiger partial charge is 0.268 e. The third-order valence-corrected chi connectivity index (χ3v) is 8.48. The maximum absolute atomic E-state index is 14.0. The monoisotopic (exact) mass is 534 g/mol. The number of hydrogen-bond donors (Lipinski definition) is 1. The fourth-order valence-electron chi connectivity index (χ4n) is 4.76. The van der Waals surface area contributed by atoms with Crippen LogP contribution >= 0.6 is 11.6 Å². The Balaban J connectivity index is 1.57. The topological polar surface area (TPSA) is 71.8 Å². The van der Waals surface area contributed by atoms with Crippen molar-refractivity contribution in [1.29, 1.82) is 0 Å². The molecule has 37 heavy (non-hydrogen) atoms. The minimum Gasteiger partial charge on any atom is -0.495 e. The second-order valence-electron chi connectivity index (χ2n) is 8.97. The van der Waals surface area contributed by atoms with Crippen LogP contribution in [0.25, 0.3) is 21.8 Å². The minimum atomic E-state index is -4.14. The highest BCUT2D eigenvalue weighted by molar-refractivity contribution is 7.93. The second-order valence-corrected chi connectivity index (χ2v) is 11.2. The lowest BCUT2D eigenvalue weighted by atomic mass is 10.2. The van der Waals surface area contributed by atoms with Crippen LogP contribution in [0.4, 0.5) is 5.69 Å². The quantitative estimate of drug-likeness (QED) is 0.264. The van der Waals surface area contributed by atoms with Crippen molar-refractivity contribution in [2.24, 2.45) is 0 Å². The zero-order chi connectivity index (χ0) is 26.2. The molecule has 0 radical (unpaired) electrons. The van der Waals surface area contributed by atoms with Crippen LogP contribution in [0.5, 0.6) is 5.75 Å². The predicted molar refractivity (Wildman–Crippen MR) is 149 cm³/mol. The van der Waals surface area contributed by atoms with Crippen LogP contribution in [-0.4, -0.2) is 37.8 Å². The van der Waals surface area contributed by atoms with E-state index in [1.165, 1.54) is 23.5 Å². The Labute approximate surface area is 221 Å². The molecule has 1 unspecified atom stereocenters. The fourth-order valence-corrected chi connectivity index (χ4v) is 6.67. The van der Waals surface area contributed by atoms with Gasteiger partial charge < -0.3 is 14.4 Å². The molecule has 5 aromatic rings. The third kappa shape index (κ3) is 4.78. The first-order chi connectivity index (χ1) is 17.8. The number of para-hydroxylation sites is 2. The predicted octanol–water partition coefficient (Wildman–Crippen LogP) is 6.02. The van der Waals surface area contributed by atoms with E-state index in [-0.39, 0.29) is 28.8 Å². The molecule has 0 aliphatic heterocycles. The number of aliphatic hydroxyl groups excluding tert-OH is 1. The molecule has 1 atom stereocenters. The van der Waals surface area contributed by atoms with Crippen molar-refractivity contribution in [3.05, 3.63) is 102 Å². The number of aromatic nitrogens is 1. The van der Waals surface area contributed by atoms with Gasteiger partial charge in [0.25, 0.3) is 10.0 Å². The van der Waals surface area contributed by atoms with Gasteiger partial charge in [0.15, 0.2) is 0 Å². The fraction of sp³-hybridized carbons (Fsp3) is 0.172. The average Bonchev–Trinajstić information content (AvgIpc) is 3.21. The summed E-state index contributed by atoms with van der Waals surface area (Å²) >= 11 is 6.18. The molecule has 5 rings (SSSR count). The van der Waals surface area contributed by atoms with E-state index in [9.17, 15) is 13.5 Å². The van der Waals surface area contributed by atoms with Gasteiger partial charge in [0.2, 0.25) is 0 Å². The van der Waals surface area contributed by atoms with Gasteiger partial charge in [0, 0.05) is 26.8 Å². The van der Waals surface area contributed by atoms with E-state index in [2.05, 4.69) is 12.1 Å². The molecule has 0 saturated carbocycles. The van der Waals surface area contributed by atoms with Crippen molar-refractivity contribution in [3.63, 3.8) is 0 Å². The molecule has 0 bridgehead atoms. The number of rotatable bonds is 8. The Morgan fingerprint density at radius 3 is 2.19 bits per heavy atom. The maximum Gasteiger partial charge on any atom is 0.268 e. The normalized spacial score (nSPS) is 12.6. The molecule has 1 heterocycles. The molecule has 4 aromatic carbocycles. The highest BCUT2D eigenvalue weighted by atomic mass is 35.5. The first kappa shape index (κ1) is 25.1. The van der Waals surface area contributed by atoms with Crippen LogP contribution in [0.2, 0.25) is 5.02 Å². The van der Waals surface area contributed by atoms with Crippen LogP contribution in [0, 0.1) is 6.92 Å². The number of anilines is 1. The summed E-state index contributed by atoms with van der Waals surface area (Å²) in [6, 6.07) is 27.7. The molecule has 0 fully saturated rings. The molecule has 0 aliphatic carbocycles. The summed E-state index contributed by atoms with van der Waals surface area (Å²) in [4.78, 5) is -0.0620. The van der Waals surface area contributed by atoms with Gasteiger partial charge in [-0.05, 0) is 55.0 Å². The van der Waals surface area contributed by atoms with Crippen molar-refractivity contribution < 1.29 is 18.3 Å². The number of halogens is 1. The molecule has 0 aliphatic rings. The highest BCUT2D eigenvalue weighted by Gasteiger charge is 2.31. The molecule has 0 saturated heterocycles. The van der Waals surface area contributed by atoms with Crippen molar-refractivity contribution in [2.45, 2.75) is 24.5 Å². The number of fused-ring (bicyclic) bond motifs is 3. The zero-order valence-electron chi connectivity index (χ0n) is 20.5. The van der Waals surface area contributed by atoms with Gasteiger partial charge in [-0.1, -0.05) is 60.1 Å². The van der Waals surface area contributed by atoms with Crippen molar-refractivity contribution >= 4 is 49.1 Å². The second kappa shape index (κ2) is 10.1. The lowest BCUT2D eigenvalue weighted by Gasteiger charge is -2.28. The molecule has 0 amide bonds. The number of sulfonamides is 1. The Kier molecular flexibility index (Phi) is 6.86. The summed E-state index contributed by atoms with van der Waals surface area (Å²) < 4.78 is 36.6. The number of hydrogen-bond acceptors (Lipinski definition) is 4. The summed E-state index contributed by atoms with van der Waals surface area (Å²) in [7, 11) is -2.73. The van der Waals surface area contributed by atoms with Gasteiger partial charge in [-0.2, -0.15) is 0 Å². The van der Waals surface area contributed by atoms with E-state index in [0.717, 1.165) is 27.4 Å². The number of methoxy groups -OCH3 is 1. The molecule has 1 aromatic heterocycles. The van der Waals surface area contributed by atoms with Crippen LogP contribution < -0.4 is 9.04 Å². The number of nitrogens with zero attached hydrogens (tertiary/aromatic N) is 2. The molecular formula is C29H27ClN2O4S. The van der Waals surface area contributed by atoms with Crippen LogP contribution in [0.1, 0.15) is 5.56 Å². The molecule has 190 valence electrons. The molecule has 6 nitrogen and oxygen atoms in total. The molecule has 0 spiro atoms. The van der Waals surface area contributed by atoms with E-state index < -0.39 is 16.1 Å². The van der Waals surface area contributed by atoms with Crippen molar-refractivity contribution in [1.82, 2.24) is 4.57 Å². The average molecular weight is 535 g/mol. The van der Waals surface area contributed by atoms with Gasteiger partial charge >= 0.3 is 0 Å². The van der Waals surface area contributed by atoms with Gasteiger partial charge in [0.05, 0.1) is 32.0 Å². The zero-order valence-corrected chi connectivity index (χ0v) is 22.1. The summed E-state index contributed by atoms with van der Waals surface area (Å²) in [6.45, 7) is 1.93. The Morgan fingerprint density at radius 1 is 0.919 bits per heavy atom. The first-order valence-corrected chi connectivity index (χ1v) is 13.7. The summed E-state index contributed by atoms with van der Waals surface area (Å²) in [5.74, 6) is 0.180. The van der Waals surface area contributed by atoms with Crippen LogP contribution in [0.15, 0.2) is 95.9 Å². The van der Waals surface area contributed by atoms with E-state index in [1.54, 1.807) is 24.3 Å². The Bertz CT molecular complexity index is 1640. The minimum absolute atomic E-state index is 0.0620. The number of benzene rings is 4. The third-order valence-electron chi connectivity index (χ3n) is 6.43. The van der Waals surface area contributed by atoms with Gasteiger partial charge in [-0.25, -0.2) is 8.42 Å². The largest absolute Gasteiger partial charge is 0.495 e. The van der Waals surface area contributed by atoms with E-state index in [4.69, 9.17) is 16.3 Å². The number of ether oxygens (including phenoxy) is 1. The lowest BCUT2D eigenvalue weighted by molar-refractivity contribution is 0.166. The molecule has 8 heteroatoms. The number of aryl methyl sites for hydroxylation is 1. The van der Waals surface area contributed by atoms with Gasteiger partial charge in [0.1, 0.15) is 10.6 Å². The van der Waals surface area contributed by atoms with E-state index >= 15 is 0 Å². The Morgan fingerprint density at radius 2 is 1.57 bits per heavy atom. The van der Waals surface area contributed by atoms with Gasteiger partial charge in [-0.3, -0.25) is 4.31 Å².